The van der Waals surface area contributed by atoms with Crippen molar-refractivity contribution >= 4 is 15.9 Å². The van der Waals surface area contributed by atoms with Gasteiger partial charge in [0.2, 0.25) is 15.9 Å². The van der Waals surface area contributed by atoms with Crippen molar-refractivity contribution in [2.24, 2.45) is 0 Å². The molecular formula is C24H26N2O5S. The minimum atomic E-state index is -3.92. The molecule has 0 aliphatic rings. The molecule has 0 fully saturated rings. The second-order valence-corrected chi connectivity index (χ2v) is 8.96. The number of amides is 1. The first kappa shape index (κ1) is 23.3. The van der Waals surface area contributed by atoms with Crippen molar-refractivity contribution in [3.63, 3.8) is 0 Å². The van der Waals surface area contributed by atoms with Crippen molar-refractivity contribution < 1.29 is 22.7 Å². The first-order chi connectivity index (χ1) is 15.4. The molecule has 32 heavy (non-hydrogen) atoms. The Labute approximate surface area is 188 Å². The molecule has 0 saturated heterocycles. The number of hydrogen-bond acceptors (Lipinski definition) is 5. The molecule has 3 rings (SSSR count). The van der Waals surface area contributed by atoms with Gasteiger partial charge in [-0.1, -0.05) is 48.5 Å². The summed E-state index contributed by atoms with van der Waals surface area (Å²) in [6.45, 7) is -0.0275. The number of para-hydroxylation sites is 1. The summed E-state index contributed by atoms with van der Waals surface area (Å²) in [5.41, 5.74) is 1.58. The van der Waals surface area contributed by atoms with E-state index < -0.39 is 15.9 Å². The van der Waals surface area contributed by atoms with Crippen LogP contribution in [0.5, 0.6) is 11.5 Å². The van der Waals surface area contributed by atoms with Gasteiger partial charge in [-0.2, -0.15) is 4.31 Å². The number of carbonyl (C=O) groups is 1. The van der Waals surface area contributed by atoms with E-state index in [1.807, 2.05) is 48.5 Å². The zero-order valence-corrected chi connectivity index (χ0v) is 18.8. The van der Waals surface area contributed by atoms with Gasteiger partial charge in [0.25, 0.3) is 0 Å². The van der Waals surface area contributed by atoms with Gasteiger partial charge in [0.1, 0.15) is 11.5 Å². The Morgan fingerprint density at radius 1 is 0.875 bits per heavy atom. The maximum Gasteiger partial charge on any atom is 0.243 e. The van der Waals surface area contributed by atoms with Crippen molar-refractivity contribution in [1.29, 1.82) is 0 Å². The molecule has 0 aliphatic heterocycles. The van der Waals surface area contributed by atoms with E-state index in [0.717, 1.165) is 11.1 Å². The van der Waals surface area contributed by atoms with Crippen LogP contribution in [0.3, 0.4) is 0 Å². The molecule has 8 heteroatoms. The number of rotatable bonds is 10. The fourth-order valence-electron chi connectivity index (χ4n) is 3.17. The lowest BCUT2D eigenvalue weighted by molar-refractivity contribution is -0.121. The summed E-state index contributed by atoms with van der Waals surface area (Å²) in [4.78, 5) is 12.8. The molecular weight excluding hydrogens is 428 g/mol. The van der Waals surface area contributed by atoms with Gasteiger partial charge in [-0.3, -0.25) is 4.79 Å². The molecule has 0 saturated carbocycles. The lowest BCUT2D eigenvalue weighted by Crippen LogP contribution is -2.40. The molecule has 0 atom stereocenters. The topological polar surface area (TPSA) is 84.9 Å². The predicted octanol–water partition coefficient (Wildman–Crippen LogP) is 3.21. The van der Waals surface area contributed by atoms with Crippen LogP contribution in [0.15, 0.2) is 83.8 Å². The van der Waals surface area contributed by atoms with Gasteiger partial charge in [-0.05, 0) is 35.9 Å². The van der Waals surface area contributed by atoms with Gasteiger partial charge in [-0.25, -0.2) is 8.42 Å². The van der Waals surface area contributed by atoms with E-state index in [0.29, 0.717) is 11.5 Å². The maximum atomic E-state index is 13.3. The zero-order chi connectivity index (χ0) is 23.0. The Balaban J connectivity index is 1.79. The zero-order valence-electron chi connectivity index (χ0n) is 18.0. The number of nitrogens with zero attached hydrogens (tertiary/aromatic N) is 1. The van der Waals surface area contributed by atoms with Crippen LogP contribution in [0.4, 0.5) is 0 Å². The number of nitrogens with one attached hydrogen (secondary N) is 1. The standard InChI is InChI=1S/C24H26N2O5S/c1-30-21-12-14-22(15-13-21)32(28,29)26(17-19-8-4-3-5-9-19)18-24(27)25-16-20-10-6-7-11-23(20)31-2/h3-15H,16-18H2,1-2H3,(H,25,27). The lowest BCUT2D eigenvalue weighted by Gasteiger charge is -2.22. The van der Waals surface area contributed by atoms with Crippen molar-refractivity contribution in [2.45, 2.75) is 18.0 Å². The van der Waals surface area contributed by atoms with Crippen LogP contribution >= 0.6 is 0 Å². The largest absolute Gasteiger partial charge is 0.497 e. The number of carbonyl (C=O) groups excluding carboxylic acids is 1. The first-order valence-corrected chi connectivity index (χ1v) is 11.4. The summed E-state index contributed by atoms with van der Waals surface area (Å²) in [5, 5.41) is 2.79. The third-order valence-corrected chi connectivity index (χ3v) is 6.69. The maximum absolute atomic E-state index is 13.3. The van der Waals surface area contributed by atoms with Gasteiger partial charge in [0, 0.05) is 18.7 Å². The average molecular weight is 455 g/mol. The SMILES string of the molecule is COc1ccc(S(=O)(=O)N(CC(=O)NCc2ccccc2OC)Cc2ccccc2)cc1. The minimum Gasteiger partial charge on any atom is -0.497 e. The van der Waals surface area contributed by atoms with E-state index in [9.17, 15) is 13.2 Å². The van der Waals surface area contributed by atoms with Crippen molar-refractivity contribution in [2.75, 3.05) is 20.8 Å². The fourth-order valence-corrected chi connectivity index (χ4v) is 4.55. The van der Waals surface area contributed by atoms with E-state index in [-0.39, 0.29) is 24.5 Å². The Hall–Kier alpha value is -3.36. The highest BCUT2D eigenvalue weighted by molar-refractivity contribution is 7.89. The summed E-state index contributed by atoms with van der Waals surface area (Å²) >= 11 is 0. The van der Waals surface area contributed by atoms with E-state index in [4.69, 9.17) is 9.47 Å². The van der Waals surface area contributed by atoms with Crippen LogP contribution < -0.4 is 14.8 Å². The number of benzene rings is 3. The predicted molar refractivity (Wildman–Crippen MR) is 122 cm³/mol. The van der Waals surface area contributed by atoms with Crippen LogP contribution in [0.1, 0.15) is 11.1 Å². The highest BCUT2D eigenvalue weighted by Gasteiger charge is 2.27. The Kier molecular flexibility index (Phi) is 7.86. The van der Waals surface area contributed by atoms with E-state index in [1.54, 1.807) is 25.3 Å². The number of hydrogen-bond donors (Lipinski definition) is 1. The summed E-state index contributed by atoms with van der Waals surface area (Å²) in [7, 11) is -0.852. The van der Waals surface area contributed by atoms with E-state index in [2.05, 4.69) is 5.32 Å². The second-order valence-electron chi connectivity index (χ2n) is 7.02. The summed E-state index contributed by atoms with van der Waals surface area (Å²) in [5.74, 6) is 0.789. The van der Waals surface area contributed by atoms with Gasteiger partial charge in [0.15, 0.2) is 0 Å². The Morgan fingerprint density at radius 3 is 2.19 bits per heavy atom. The quantitative estimate of drug-likeness (QED) is 0.509. The molecule has 7 nitrogen and oxygen atoms in total. The number of sulfonamides is 1. The molecule has 168 valence electrons. The monoisotopic (exact) mass is 454 g/mol. The third kappa shape index (κ3) is 5.87. The van der Waals surface area contributed by atoms with Gasteiger partial charge < -0.3 is 14.8 Å². The summed E-state index contributed by atoms with van der Waals surface area (Å²) in [6.07, 6.45) is 0. The van der Waals surface area contributed by atoms with E-state index in [1.165, 1.54) is 23.5 Å². The van der Waals surface area contributed by atoms with Crippen LogP contribution in [-0.4, -0.2) is 39.4 Å². The third-order valence-electron chi connectivity index (χ3n) is 4.89. The molecule has 0 spiro atoms. The molecule has 1 N–H and O–H groups in total. The van der Waals surface area contributed by atoms with Crippen LogP contribution in [0.25, 0.3) is 0 Å². The number of ether oxygens (including phenoxy) is 2. The first-order valence-electron chi connectivity index (χ1n) is 10.0. The fraction of sp³-hybridized carbons (Fsp3) is 0.208. The van der Waals surface area contributed by atoms with Gasteiger partial charge >= 0.3 is 0 Å². The Bertz CT molecular complexity index is 1130. The van der Waals surface area contributed by atoms with Crippen LogP contribution in [0.2, 0.25) is 0 Å². The smallest absolute Gasteiger partial charge is 0.243 e. The second kappa shape index (κ2) is 10.8. The molecule has 0 unspecified atom stereocenters. The average Bonchev–Trinajstić information content (AvgIpc) is 2.83. The van der Waals surface area contributed by atoms with Crippen LogP contribution in [-0.2, 0) is 27.9 Å². The van der Waals surface area contributed by atoms with Crippen molar-refractivity contribution in [1.82, 2.24) is 9.62 Å². The molecule has 0 radical (unpaired) electrons. The molecule has 1 amide bonds. The van der Waals surface area contributed by atoms with Gasteiger partial charge in [0.05, 0.1) is 25.7 Å². The highest BCUT2D eigenvalue weighted by atomic mass is 32.2. The summed E-state index contributed by atoms with van der Waals surface area (Å²) < 4.78 is 38.2. The highest BCUT2D eigenvalue weighted by Crippen LogP contribution is 2.21. The molecule has 3 aromatic carbocycles. The van der Waals surface area contributed by atoms with Crippen molar-refractivity contribution in [3.05, 3.63) is 90.0 Å². The van der Waals surface area contributed by atoms with Crippen molar-refractivity contribution in [3.8, 4) is 11.5 Å². The normalized spacial score (nSPS) is 11.2. The minimum absolute atomic E-state index is 0.0667. The van der Waals surface area contributed by atoms with Gasteiger partial charge in [-0.15, -0.1) is 0 Å². The Morgan fingerprint density at radius 2 is 1.53 bits per heavy atom. The molecule has 0 bridgehead atoms. The molecule has 0 heterocycles. The number of methoxy groups -OCH3 is 2. The lowest BCUT2D eigenvalue weighted by atomic mass is 10.2. The van der Waals surface area contributed by atoms with E-state index >= 15 is 0 Å². The molecule has 0 aromatic heterocycles. The van der Waals surface area contributed by atoms with Crippen LogP contribution in [0, 0.1) is 0 Å². The summed E-state index contributed by atoms with van der Waals surface area (Å²) in [6, 6.07) is 22.6. The molecule has 0 aliphatic carbocycles. The molecule has 3 aromatic rings.